The summed E-state index contributed by atoms with van der Waals surface area (Å²) in [6.07, 6.45) is 2.05. The lowest BCUT2D eigenvalue weighted by Gasteiger charge is -2.44. The van der Waals surface area contributed by atoms with Crippen molar-refractivity contribution in [1.82, 2.24) is 10.2 Å². The van der Waals surface area contributed by atoms with Gasteiger partial charge in [0.05, 0.1) is 0 Å². The van der Waals surface area contributed by atoms with Crippen molar-refractivity contribution in [3.63, 3.8) is 0 Å². The molecule has 3 saturated heterocycles. The second-order valence-electron chi connectivity index (χ2n) is 8.20. The summed E-state index contributed by atoms with van der Waals surface area (Å²) in [7, 11) is 0. The number of ether oxygens (including phenoxy) is 1. The first kappa shape index (κ1) is 17.9. The molecule has 1 N–H and O–H groups in total. The molecule has 136 valence electrons. The highest BCUT2D eigenvalue weighted by molar-refractivity contribution is 6.03. The molecule has 3 heterocycles. The van der Waals surface area contributed by atoms with Crippen LogP contribution in [0.25, 0.3) is 0 Å². The third-order valence-electron chi connectivity index (χ3n) is 4.99. The number of amides is 1. The average Bonchev–Trinajstić information content (AvgIpc) is 2.55. The zero-order valence-corrected chi connectivity index (χ0v) is 15.3. The van der Waals surface area contributed by atoms with Crippen molar-refractivity contribution >= 4 is 11.9 Å². The maximum absolute atomic E-state index is 12.9. The van der Waals surface area contributed by atoms with Crippen molar-refractivity contribution in [3.05, 3.63) is 35.9 Å². The summed E-state index contributed by atoms with van der Waals surface area (Å²) < 4.78 is 5.84. The molecule has 3 aliphatic rings. The topological polar surface area (TPSA) is 58.6 Å². The fraction of sp³-hybridized carbons (Fsp3) is 0.600. The summed E-state index contributed by atoms with van der Waals surface area (Å²) in [6, 6.07) is 9.18. The zero-order valence-electron chi connectivity index (χ0n) is 15.3. The zero-order chi connectivity index (χ0) is 18.0. The molecule has 3 fully saturated rings. The maximum atomic E-state index is 12.9. The van der Waals surface area contributed by atoms with Gasteiger partial charge >= 0.3 is 5.97 Å². The van der Waals surface area contributed by atoms with Crippen LogP contribution in [-0.2, 0) is 14.3 Å². The van der Waals surface area contributed by atoms with Crippen molar-refractivity contribution in [2.45, 2.75) is 51.2 Å². The molecular weight excluding hydrogens is 316 g/mol. The van der Waals surface area contributed by atoms with E-state index in [1.807, 2.05) is 51.1 Å². The highest BCUT2D eigenvalue weighted by Crippen LogP contribution is 2.31. The van der Waals surface area contributed by atoms with E-state index >= 15 is 0 Å². The largest absolute Gasteiger partial charge is 0.460 e. The van der Waals surface area contributed by atoms with Gasteiger partial charge in [-0.2, -0.15) is 0 Å². The van der Waals surface area contributed by atoms with Gasteiger partial charge in [0.2, 0.25) is 5.91 Å². The SMILES string of the molecule is CC(C)(C)NC(=O)C(C(=O)OC1CN2CCC1CC2)c1ccccc1. The fourth-order valence-electron chi connectivity index (χ4n) is 3.74. The van der Waals surface area contributed by atoms with Crippen LogP contribution in [0.2, 0.25) is 0 Å². The Labute approximate surface area is 149 Å². The molecule has 2 unspecified atom stereocenters. The van der Waals surface area contributed by atoms with Crippen LogP contribution in [0.15, 0.2) is 30.3 Å². The Morgan fingerprint density at radius 1 is 1.16 bits per heavy atom. The van der Waals surface area contributed by atoms with Crippen molar-refractivity contribution in [2.24, 2.45) is 5.92 Å². The second kappa shape index (κ2) is 7.16. The first-order chi connectivity index (χ1) is 11.8. The molecular formula is C20H28N2O3. The van der Waals surface area contributed by atoms with E-state index in [9.17, 15) is 9.59 Å². The van der Waals surface area contributed by atoms with Crippen molar-refractivity contribution in [3.8, 4) is 0 Å². The van der Waals surface area contributed by atoms with Crippen LogP contribution in [0, 0.1) is 5.92 Å². The van der Waals surface area contributed by atoms with Gasteiger partial charge in [-0.3, -0.25) is 14.5 Å². The van der Waals surface area contributed by atoms with E-state index in [0.29, 0.717) is 11.5 Å². The Balaban J connectivity index is 1.76. The van der Waals surface area contributed by atoms with E-state index in [2.05, 4.69) is 10.2 Å². The predicted molar refractivity (Wildman–Crippen MR) is 96.1 cm³/mol. The molecule has 4 rings (SSSR count). The highest BCUT2D eigenvalue weighted by Gasteiger charge is 2.39. The molecule has 1 aromatic carbocycles. The Morgan fingerprint density at radius 3 is 2.32 bits per heavy atom. The molecule has 0 saturated carbocycles. The molecule has 3 aliphatic heterocycles. The smallest absolute Gasteiger partial charge is 0.323 e. The molecule has 2 atom stereocenters. The number of rotatable bonds is 4. The van der Waals surface area contributed by atoms with E-state index in [1.54, 1.807) is 0 Å². The number of carbonyl (C=O) groups excluding carboxylic acids is 2. The number of nitrogens with one attached hydrogen (secondary N) is 1. The summed E-state index contributed by atoms with van der Waals surface area (Å²) in [5, 5.41) is 2.92. The Morgan fingerprint density at radius 2 is 1.80 bits per heavy atom. The van der Waals surface area contributed by atoms with Gasteiger partial charge in [-0.15, -0.1) is 0 Å². The molecule has 5 nitrogen and oxygen atoms in total. The quantitative estimate of drug-likeness (QED) is 0.673. The van der Waals surface area contributed by atoms with Crippen molar-refractivity contribution in [1.29, 1.82) is 0 Å². The number of piperidine rings is 3. The predicted octanol–water partition coefficient (Wildman–Crippen LogP) is 2.32. The lowest BCUT2D eigenvalue weighted by Crippen LogP contribution is -2.53. The van der Waals surface area contributed by atoms with Gasteiger partial charge in [0.25, 0.3) is 0 Å². The normalized spacial score (nSPS) is 26.8. The van der Waals surface area contributed by atoms with Crippen LogP contribution in [0.4, 0.5) is 0 Å². The summed E-state index contributed by atoms with van der Waals surface area (Å²) in [6.45, 7) is 8.69. The van der Waals surface area contributed by atoms with Crippen LogP contribution in [0.5, 0.6) is 0 Å². The first-order valence-electron chi connectivity index (χ1n) is 9.13. The van der Waals surface area contributed by atoms with E-state index < -0.39 is 17.4 Å². The minimum Gasteiger partial charge on any atom is -0.460 e. The van der Waals surface area contributed by atoms with Gasteiger partial charge in [0, 0.05) is 12.1 Å². The molecule has 1 amide bonds. The number of fused-ring (bicyclic) bond motifs is 3. The van der Waals surface area contributed by atoms with E-state index in [-0.39, 0.29) is 12.0 Å². The van der Waals surface area contributed by atoms with Crippen LogP contribution in [0.3, 0.4) is 0 Å². The first-order valence-corrected chi connectivity index (χ1v) is 9.13. The van der Waals surface area contributed by atoms with Crippen LogP contribution in [0.1, 0.15) is 45.1 Å². The van der Waals surface area contributed by atoms with Gasteiger partial charge in [-0.25, -0.2) is 0 Å². The molecule has 0 radical (unpaired) electrons. The molecule has 5 heteroatoms. The summed E-state index contributed by atoms with van der Waals surface area (Å²) in [5.41, 5.74) is 0.274. The molecule has 1 aromatic rings. The monoisotopic (exact) mass is 344 g/mol. The van der Waals surface area contributed by atoms with Crippen molar-refractivity contribution in [2.75, 3.05) is 19.6 Å². The number of esters is 1. The lowest BCUT2D eigenvalue weighted by atomic mass is 9.85. The number of nitrogens with zero attached hydrogens (tertiary/aromatic N) is 1. The van der Waals surface area contributed by atoms with Crippen LogP contribution < -0.4 is 5.32 Å². The highest BCUT2D eigenvalue weighted by atomic mass is 16.5. The fourth-order valence-corrected chi connectivity index (χ4v) is 3.74. The number of carbonyl (C=O) groups is 2. The number of hydrogen-bond acceptors (Lipinski definition) is 4. The van der Waals surface area contributed by atoms with Gasteiger partial charge < -0.3 is 10.1 Å². The van der Waals surface area contributed by atoms with E-state index in [1.165, 1.54) is 0 Å². The van der Waals surface area contributed by atoms with Gasteiger partial charge in [0.1, 0.15) is 6.10 Å². The van der Waals surface area contributed by atoms with Crippen LogP contribution in [-0.4, -0.2) is 48.1 Å². The van der Waals surface area contributed by atoms with Gasteiger partial charge in [-0.05, 0) is 58.2 Å². The minimum absolute atomic E-state index is 0.0938. The van der Waals surface area contributed by atoms with Gasteiger partial charge in [-0.1, -0.05) is 30.3 Å². The summed E-state index contributed by atoms with van der Waals surface area (Å²) >= 11 is 0. The Kier molecular flexibility index (Phi) is 5.13. The van der Waals surface area contributed by atoms with Crippen molar-refractivity contribution < 1.29 is 14.3 Å². The van der Waals surface area contributed by atoms with Crippen LogP contribution >= 0.6 is 0 Å². The molecule has 0 spiro atoms. The molecule has 25 heavy (non-hydrogen) atoms. The Hall–Kier alpha value is -1.88. The number of hydrogen-bond donors (Lipinski definition) is 1. The minimum atomic E-state index is -0.920. The summed E-state index contributed by atoms with van der Waals surface area (Å²) in [5.74, 6) is -1.23. The van der Waals surface area contributed by atoms with E-state index in [0.717, 1.165) is 32.5 Å². The average molecular weight is 344 g/mol. The van der Waals surface area contributed by atoms with Gasteiger partial charge in [0.15, 0.2) is 5.92 Å². The second-order valence-corrected chi connectivity index (χ2v) is 8.20. The Bertz CT molecular complexity index is 616. The van der Waals surface area contributed by atoms with E-state index in [4.69, 9.17) is 4.74 Å². The summed E-state index contributed by atoms with van der Waals surface area (Å²) in [4.78, 5) is 28.0. The molecule has 0 aromatic heterocycles. The molecule has 0 aliphatic carbocycles. The lowest BCUT2D eigenvalue weighted by molar-refractivity contribution is -0.162. The maximum Gasteiger partial charge on any atom is 0.323 e. The standard InChI is InChI=1S/C20H28N2O3/c1-20(2,3)21-18(23)17(15-7-5-4-6-8-15)19(24)25-16-13-22-11-9-14(16)10-12-22/h4-8,14,16-17H,9-13H2,1-3H3,(H,21,23). The molecule has 2 bridgehead atoms. The third kappa shape index (κ3) is 4.40. The number of benzene rings is 1. The third-order valence-corrected chi connectivity index (χ3v) is 4.99.